The monoisotopic (exact) mass is 178 g/mol. The second-order valence-electron chi connectivity index (χ2n) is 5.05. The molecule has 1 saturated carbocycles. The Balaban J connectivity index is 2.00. The van der Waals surface area contributed by atoms with Gasteiger partial charge in [-0.05, 0) is 42.9 Å². The molecule has 0 aromatic heterocycles. The van der Waals surface area contributed by atoms with E-state index in [2.05, 4.69) is 26.0 Å². The van der Waals surface area contributed by atoms with Crippen LogP contribution in [0.1, 0.15) is 52.4 Å². The van der Waals surface area contributed by atoms with Crippen molar-refractivity contribution in [3.8, 4) is 0 Å². The van der Waals surface area contributed by atoms with Crippen LogP contribution in [0.4, 0.5) is 0 Å². The molecule has 0 aromatic carbocycles. The minimum absolute atomic E-state index is 0.673. The fourth-order valence-electron chi connectivity index (χ4n) is 3.30. The molecular formula is C13H22. The lowest BCUT2D eigenvalue weighted by Crippen LogP contribution is -2.34. The third-order valence-electron chi connectivity index (χ3n) is 4.39. The van der Waals surface area contributed by atoms with Crippen LogP contribution < -0.4 is 0 Å². The van der Waals surface area contributed by atoms with Gasteiger partial charge >= 0.3 is 0 Å². The van der Waals surface area contributed by atoms with Gasteiger partial charge in [0, 0.05) is 0 Å². The molecule has 0 N–H and O–H groups in total. The summed E-state index contributed by atoms with van der Waals surface area (Å²) in [5.74, 6) is 2.05. The summed E-state index contributed by atoms with van der Waals surface area (Å²) < 4.78 is 0. The molecule has 0 saturated heterocycles. The summed E-state index contributed by atoms with van der Waals surface area (Å²) in [6.45, 7) is 4.73. The third-order valence-corrected chi connectivity index (χ3v) is 4.39. The van der Waals surface area contributed by atoms with Crippen LogP contribution in [0.5, 0.6) is 0 Å². The average molecular weight is 178 g/mol. The van der Waals surface area contributed by atoms with Crippen molar-refractivity contribution in [1.82, 2.24) is 0 Å². The molecule has 2 aliphatic carbocycles. The Kier molecular flexibility index (Phi) is 2.49. The molecule has 0 aromatic rings. The molecule has 2 rings (SSSR count). The van der Waals surface area contributed by atoms with Gasteiger partial charge in [0.15, 0.2) is 0 Å². The molecule has 0 radical (unpaired) electrons. The first kappa shape index (κ1) is 9.30. The zero-order valence-electron chi connectivity index (χ0n) is 9.05. The van der Waals surface area contributed by atoms with E-state index >= 15 is 0 Å². The first-order chi connectivity index (χ1) is 6.29. The maximum absolute atomic E-state index is 2.49. The number of hydrogen-bond acceptors (Lipinski definition) is 0. The van der Waals surface area contributed by atoms with E-state index in [1.165, 1.54) is 38.5 Å². The summed E-state index contributed by atoms with van der Waals surface area (Å²) in [6, 6.07) is 0. The van der Waals surface area contributed by atoms with Gasteiger partial charge in [-0.25, -0.2) is 0 Å². The molecule has 74 valence electrons. The number of rotatable bonds is 2. The molecule has 3 unspecified atom stereocenters. The van der Waals surface area contributed by atoms with E-state index in [0.717, 1.165) is 11.8 Å². The van der Waals surface area contributed by atoms with Crippen molar-refractivity contribution in [1.29, 1.82) is 0 Å². The average Bonchev–Trinajstić information content (AvgIpc) is 2.14. The first-order valence-electron chi connectivity index (χ1n) is 5.97. The van der Waals surface area contributed by atoms with Gasteiger partial charge in [0.1, 0.15) is 0 Å². The smallest absolute Gasteiger partial charge is 0.00809 e. The predicted octanol–water partition coefficient (Wildman–Crippen LogP) is 4.17. The van der Waals surface area contributed by atoms with Crippen molar-refractivity contribution in [3.63, 3.8) is 0 Å². The maximum Gasteiger partial charge on any atom is -0.00809 e. The van der Waals surface area contributed by atoms with Crippen LogP contribution in [0.25, 0.3) is 0 Å². The van der Waals surface area contributed by atoms with Crippen molar-refractivity contribution < 1.29 is 0 Å². The fraction of sp³-hybridized carbons (Fsp3) is 0.846. The molecule has 0 heteroatoms. The Labute approximate surface area is 82.4 Å². The van der Waals surface area contributed by atoms with E-state index in [9.17, 15) is 0 Å². The lowest BCUT2D eigenvalue weighted by Gasteiger charge is -2.46. The molecule has 0 nitrogen and oxygen atoms in total. The van der Waals surface area contributed by atoms with Crippen molar-refractivity contribution >= 4 is 0 Å². The number of hydrogen-bond donors (Lipinski definition) is 0. The molecule has 13 heavy (non-hydrogen) atoms. The molecule has 0 amide bonds. The van der Waals surface area contributed by atoms with E-state index in [0.29, 0.717) is 5.41 Å². The molecule has 1 spiro atoms. The van der Waals surface area contributed by atoms with E-state index in [-0.39, 0.29) is 0 Å². The zero-order chi connectivity index (χ0) is 9.31. The van der Waals surface area contributed by atoms with Gasteiger partial charge in [0.05, 0.1) is 0 Å². The highest BCUT2D eigenvalue weighted by Crippen LogP contribution is 2.51. The van der Waals surface area contributed by atoms with E-state index in [1.54, 1.807) is 0 Å². The van der Waals surface area contributed by atoms with Crippen LogP contribution in [-0.4, -0.2) is 0 Å². The third kappa shape index (κ3) is 1.56. The van der Waals surface area contributed by atoms with Crippen LogP contribution in [0, 0.1) is 17.3 Å². The Morgan fingerprint density at radius 2 is 1.92 bits per heavy atom. The standard InChI is InChI=1S/C13H22/c1-3-11-6-9-13(7-5-8-13)10-12(11)4-2/h5,7,11-12H,3-4,6,8-10H2,1-2H3. The maximum atomic E-state index is 2.49. The Hall–Kier alpha value is -0.260. The fourth-order valence-corrected chi connectivity index (χ4v) is 3.30. The lowest BCUT2D eigenvalue weighted by molar-refractivity contribution is 0.109. The lowest BCUT2D eigenvalue weighted by atomic mass is 9.59. The van der Waals surface area contributed by atoms with E-state index < -0.39 is 0 Å². The summed E-state index contributed by atoms with van der Waals surface area (Å²) in [5, 5.41) is 0. The quantitative estimate of drug-likeness (QED) is 0.557. The molecule has 2 aliphatic rings. The van der Waals surface area contributed by atoms with Crippen LogP contribution in [0.2, 0.25) is 0 Å². The topological polar surface area (TPSA) is 0 Å². The van der Waals surface area contributed by atoms with Crippen LogP contribution in [0.3, 0.4) is 0 Å². The van der Waals surface area contributed by atoms with Gasteiger partial charge in [-0.3, -0.25) is 0 Å². The Bertz CT molecular complexity index is 204. The highest BCUT2D eigenvalue weighted by Gasteiger charge is 2.39. The van der Waals surface area contributed by atoms with Crippen molar-refractivity contribution in [3.05, 3.63) is 12.2 Å². The van der Waals surface area contributed by atoms with Gasteiger partial charge in [-0.2, -0.15) is 0 Å². The molecule has 3 atom stereocenters. The Morgan fingerprint density at radius 1 is 1.23 bits per heavy atom. The molecular weight excluding hydrogens is 156 g/mol. The summed E-state index contributed by atoms with van der Waals surface area (Å²) in [5.41, 5.74) is 0.673. The first-order valence-corrected chi connectivity index (χ1v) is 5.97. The normalized spacial score (nSPS) is 43.5. The summed E-state index contributed by atoms with van der Waals surface area (Å²) in [4.78, 5) is 0. The van der Waals surface area contributed by atoms with Crippen molar-refractivity contribution in [2.24, 2.45) is 17.3 Å². The van der Waals surface area contributed by atoms with Gasteiger partial charge < -0.3 is 0 Å². The number of allylic oxidation sites excluding steroid dienone is 2. The molecule has 0 bridgehead atoms. The highest BCUT2D eigenvalue weighted by atomic mass is 14.4. The minimum atomic E-state index is 0.673. The van der Waals surface area contributed by atoms with Gasteiger partial charge in [0.25, 0.3) is 0 Å². The van der Waals surface area contributed by atoms with Gasteiger partial charge in [-0.15, -0.1) is 0 Å². The van der Waals surface area contributed by atoms with Gasteiger partial charge in [-0.1, -0.05) is 38.8 Å². The Morgan fingerprint density at radius 3 is 2.38 bits per heavy atom. The second kappa shape index (κ2) is 3.48. The summed E-state index contributed by atoms with van der Waals surface area (Å²) >= 11 is 0. The van der Waals surface area contributed by atoms with Crippen LogP contribution in [0.15, 0.2) is 12.2 Å². The van der Waals surface area contributed by atoms with Gasteiger partial charge in [0.2, 0.25) is 0 Å². The highest BCUT2D eigenvalue weighted by molar-refractivity contribution is 5.14. The second-order valence-corrected chi connectivity index (χ2v) is 5.05. The SMILES string of the molecule is CCC1CCC2(C=CC2)CC1CC. The van der Waals surface area contributed by atoms with E-state index in [1.807, 2.05) is 0 Å². The van der Waals surface area contributed by atoms with E-state index in [4.69, 9.17) is 0 Å². The predicted molar refractivity (Wildman–Crippen MR) is 57.6 cm³/mol. The van der Waals surface area contributed by atoms with Crippen molar-refractivity contribution in [2.45, 2.75) is 52.4 Å². The minimum Gasteiger partial charge on any atom is -0.0871 e. The molecule has 1 fully saturated rings. The summed E-state index contributed by atoms with van der Waals surface area (Å²) in [6.07, 6.45) is 13.5. The molecule has 0 heterocycles. The van der Waals surface area contributed by atoms with Crippen LogP contribution >= 0.6 is 0 Å². The largest absolute Gasteiger partial charge is 0.0871 e. The zero-order valence-corrected chi connectivity index (χ0v) is 9.05. The molecule has 0 aliphatic heterocycles. The van der Waals surface area contributed by atoms with Crippen LogP contribution in [-0.2, 0) is 0 Å². The summed E-state index contributed by atoms with van der Waals surface area (Å²) in [7, 11) is 0. The van der Waals surface area contributed by atoms with Crippen molar-refractivity contribution in [2.75, 3.05) is 0 Å².